The van der Waals surface area contributed by atoms with Crippen molar-refractivity contribution in [1.82, 2.24) is 15.3 Å². The summed E-state index contributed by atoms with van der Waals surface area (Å²) in [6.45, 7) is 2.02. The molecule has 1 aromatic heterocycles. The molecule has 0 atom stereocenters. The van der Waals surface area contributed by atoms with Gasteiger partial charge in [-0.2, -0.15) is 4.98 Å². The highest BCUT2D eigenvalue weighted by molar-refractivity contribution is 5.46. The number of likely N-dealkylation sites (N-methyl/N-ethyl adjacent to an activating group) is 1. The molecular weight excluding hydrogens is 286 g/mol. The third-order valence-electron chi connectivity index (χ3n) is 5.42. The Kier molecular flexibility index (Phi) is 5.70. The Morgan fingerprint density at radius 1 is 1.17 bits per heavy atom. The third kappa shape index (κ3) is 4.56. The van der Waals surface area contributed by atoms with Crippen molar-refractivity contribution in [3.8, 4) is 0 Å². The summed E-state index contributed by atoms with van der Waals surface area (Å²) in [4.78, 5) is 11.1. The summed E-state index contributed by atoms with van der Waals surface area (Å²) in [5.41, 5.74) is 7.00. The number of anilines is 2. The molecule has 0 aromatic carbocycles. The molecule has 2 aliphatic rings. The predicted molar refractivity (Wildman–Crippen MR) is 95.6 cm³/mol. The molecule has 1 aromatic rings. The molecule has 0 radical (unpaired) electrons. The molecular formula is C18H31N5. The quantitative estimate of drug-likeness (QED) is 0.757. The number of nitrogen functional groups attached to an aromatic ring is 1. The Balaban J connectivity index is 1.45. The molecule has 0 unspecified atom stereocenters. The van der Waals surface area contributed by atoms with Crippen molar-refractivity contribution < 1.29 is 0 Å². The molecule has 23 heavy (non-hydrogen) atoms. The zero-order chi connectivity index (χ0) is 16.1. The Bertz CT molecular complexity index is 492. The van der Waals surface area contributed by atoms with Gasteiger partial charge in [0, 0.05) is 30.9 Å². The van der Waals surface area contributed by atoms with E-state index in [1.54, 1.807) is 0 Å². The zero-order valence-corrected chi connectivity index (χ0v) is 14.4. The lowest BCUT2D eigenvalue weighted by molar-refractivity contribution is 0.329. The van der Waals surface area contributed by atoms with Gasteiger partial charge in [-0.1, -0.05) is 44.9 Å². The first-order chi connectivity index (χ1) is 11.2. The van der Waals surface area contributed by atoms with Crippen LogP contribution in [0.15, 0.2) is 6.07 Å². The zero-order valence-electron chi connectivity index (χ0n) is 14.4. The lowest BCUT2D eigenvalue weighted by atomic mass is 9.85. The number of nitrogens with two attached hydrogens (primary N) is 1. The normalized spacial score (nSPS) is 19.8. The molecule has 0 bridgehead atoms. The summed E-state index contributed by atoms with van der Waals surface area (Å²) < 4.78 is 0. The van der Waals surface area contributed by atoms with Gasteiger partial charge in [0.05, 0.1) is 0 Å². The fourth-order valence-corrected chi connectivity index (χ4v) is 3.86. The Labute approximate surface area is 140 Å². The van der Waals surface area contributed by atoms with E-state index >= 15 is 0 Å². The van der Waals surface area contributed by atoms with E-state index in [2.05, 4.69) is 26.3 Å². The van der Waals surface area contributed by atoms with Gasteiger partial charge >= 0.3 is 0 Å². The highest BCUT2D eigenvalue weighted by atomic mass is 15.3. The minimum absolute atomic E-state index is 0.415. The molecule has 0 amide bonds. The molecule has 5 heteroatoms. The van der Waals surface area contributed by atoms with Crippen LogP contribution in [-0.2, 0) is 6.42 Å². The van der Waals surface area contributed by atoms with Crippen LogP contribution in [0.25, 0.3) is 0 Å². The summed E-state index contributed by atoms with van der Waals surface area (Å²) in [5, 5.41) is 3.29. The summed E-state index contributed by atoms with van der Waals surface area (Å²) in [5.74, 6) is 2.39. The molecule has 128 valence electrons. The average molecular weight is 317 g/mol. The van der Waals surface area contributed by atoms with Crippen LogP contribution in [0.4, 0.5) is 11.8 Å². The van der Waals surface area contributed by atoms with Gasteiger partial charge in [-0.25, -0.2) is 4.98 Å². The van der Waals surface area contributed by atoms with E-state index in [-0.39, 0.29) is 0 Å². The Hall–Kier alpha value is -1.36. The van der Waals surface area contributed by atoms with Gasteiger partial charge in [0.2, 0.25) is 5.95 Å². The van der Waals surface area contributed by atoms with Gasteiger partial charge in [0.1, 0.15) is 5.82 Å². The van der Waals surface area contributed by atoms with Crippen molar-refractivity contribution in [2.75, 3.05) is 30.8 Å². The fourth-order valence-electron chi connectivity index (χ4n) is 3.86. The first-order valence-corrected chi connectivity index (χ1v) is 9.30. The van der Waals surface area contributed by atoms with Crippen LogP contribution in [0.3, 0.4) is 0 Å². The lowest BCUT2D eigenvalue weighted by Crippen LogP contribution is -2.57. The van der Waals surface area contributed by atoms with Crippen LogP contribution in [0.5, 0.6) is 0 Å². The van der Waals surface area contributed by atoms with Crippen LogP contribution in [0, 0.1) is 5.92 Å². The SMILES string of the molecule is CNC1CN(c2cc(CCCCC3CCCCC3)nc(N)n2)C1. The van der Waals surface area contributed by atoms with Crippen molar-refractivity contribution in [3.05, 3.63) is 11.8 Å². The van der Waals surface area contributed by atoms with E-state index in [0.717, 1.165) is 36.9 Å². The largest absolute Gasteiger partial charge is 0.368 e. The average Bonchev–Trinajstić information content (AvgIpc) is 2.51. The minimum atomic E-state index is 0.415. The van der Waals surface area contributed by atoms with Gasteiger partial charge in [-0.3, -0.25) is 0 Å². The molecule has 3 N–H and O–H groups in total. The van der Waals surface area contributed by atoms with Gasteiger partial charge in [0.25, 0.3) is 0 Å². The second kappa shape index (κ2) is 7.95. The number of aromatic nitrogens is 2. The maximum Gasteiger partial charge on any atom is 0.222 e. The smallest absolute Gasteiger partial charge is 0.222 e. The topological polar surface area (TPSA) is 67.1 Å². The number of aryl methyl sites for hydroxylation is 1. The standard InChI is InChI=1S/C18H31N5/c1-20-16-12-23(13-16)17-11-15(21-18(19)22-17)10-6-5-9-14-7-3-2-4-8-14/h11,14,16,20H,2-10,12-13H2,1H3,(H2,19,21,22). The summed E-state index contributed by atoms with van der Waals surface area (Å²) >= 11 is 0. The van der Waals surface area contributed by atoms with Gasteiger partial charge in [-0.05, 0) is 25.8 Å². The first-order valence-electron chi connectivity index (χ1n) is 9.30. The van der Waals surface area contributed by atoms with Crippen molar-refractivity contribution in [3.63, 3.8) is 0 Å². The van der Waals surface area contributed by atoms with Crippen molar-refractivity contribution in [2.45, 2.75) is 63.8 Å². The Morgan fingerprint density at radius 2 is 1.96 bits per heavy atom. The number of rotatable bonds is 7. The summed E-state index contributed by atoms with van der Waals surface area (Å²) in [6.07, 6.45) is 12.2. The van der Waals surface area contributed by atoms with Crippen molar-refractivity contribution >= 4 is 11.8 Å². The summed E-state index contributed by atoms with van der Waals surface area (Å²) in [7, 11) is 2.01. The van der Waals surface area contributed by atoms with E-state index in [1.165, 1.54) is 51.4 Å². The molecule has 5 nitrogen and oxygen atoms in total. The highest BCUT2D eigenvalue weighted by Crippen LogP contribution is 2.28. The molecule has 1 saturated carbocycles. The van der Waals surface area contributed by atoms with E-state index in [4.69, 9.17) is 5.73 Å². The first kappa shape index (κ1) is 16.5. The third-order valence-corrected chi connectivity index (χ3v) is 5.42. The molecule has 1 saturated heterocycles. The number of hydrogen-bond donors (Lipinski definition) is 2. The molecule has 1 aliphatic carbocycles. The highest BCUT2D eigenvalue weighted by Gasteiger charge is 2.26. The molecule has 3 rings (SSSR count). The van der Waals surface area contributed by atoms with E-state index in [0.29, 0.717) is 12.0 Å². The van der Waals surface area contributed by atoms with E-state index in [1.807, 2.05) is 7.05 Å². The van der Waals surface area contributed by atoms with E-state index < -0.39 is 0 Å². The van der Waals surface area contributed by atoms with Crippen LogP contribution < -0.4 is 16.0 Å². The molecule has 2 fully saturated rings. The number of hydrogen-bond acceptors (Lipinski definition) is 5. The van der Waals surface area contributed by atoms with E-state index in [9.17, 15) is 0 Å². The number of unbranched alkanes of at least 4 members (excludes halogenated alkanes) is 1. The number of nitrogens with zero attached hydrogens (tertiary/aromatic N) is 3. The van der Waals surface area contributed by atoms with Crippen molar-refractivity contribution in [1.29, 1.82) is 0 Å². The maximum atomic E-state index is 5.90. The van der Waals surface area contributed by atoms with Crippen LogP contribution >= 0.6 is 0 Å². The van der Waals surface area contributed by atoms with Crippen LogP contribution in [-0.4, -0.2) is 36.1 Å². The number of nitrogens with one attached hydrogen (secondary N) is 1. The Morgan fingerprint density at radius 3 is 2.70 bits per heavy atom. The predicted octanol–water partition coefficient (Wildman–Crippen LogP) is 2.76. The fraction of sp³-hybridized carbons (Fsp3) is 0.778. The lowest BCUT2D eigenvalue weighted by Gasteiger charge is -2.40. The molecule has 2 heterocycles. The van der Waals surface area contributed by atoms with Gasteiger partial charge in [-0.15, -0.1) is 0 Å². The molecule has 1 aliphatic heterocycles. The second-order valence-corrected chi connectivity index (χ2v) is 7.22. The monoisotopic (exact) mass is 317 g/mol. The minimum Gasteiger partial charge on any atom is -0.368 e. The maximum absolute atomic E-state index is 5.90. The van der Waals surface area contributed by atoms with Crippen LogP contribution in [0.2, 0.25) is 0 Å². The van der Waals surface area contributed by atoms with Gasteiger partial charge in [0.15, 0.2) is 0 Å². The van der Waals surface area contributed by atoms with Gasteiger partial charge < -0.3 is 16.0 Å². The second-order valence-electron chi connectivity index (χ2n) is 7.22. The van der Waals surface area contributed by atoms with Crippen molar-refractivity contribution in [2.24, 2.45) is 5.92 Å². The molecule has 0 spiro atoms. The van der Waals surface area contributed by atoms with Crippen LogP contribution in [0.1, 0.15) is 57.1 Å². The summed E-state index contributed by atoms with van der Waals surface area (Å²) in [6, 6.07) is 2.70.